The lowest BCUT2D eigenvalue weighted by atomic mass is 10.1. The van der Waals surface area contributed by atoms with Crippen LogP contribution in [0.3, 0.4) is 0 Å². The van der Waals surface area contributed by atoms with Crippen molar-refractivity contribution in [2.24, 2.45) is 0 Å². The molecule has 128 valence electrons. The Hall–Kier alpha value is -1.46. The van der Waals surface area contributed by atoms with E-state index in [0.717, 1.165) is 60.3 Å². The highest BCUT2D eigenvalue weighted by molar-refractivity contribution is 7.62. The number of hydrogen-bond donors (Lipinski definition) is 0. The predicted octanol–water partition coefficient (Wildman–Crippen LogP) is 5.77. The summed E-state index contributed by atoms with van der Waals surface area (Å²) in [4.78, 5) is 0. The van der Waals surface area contributed by atoms with Gasteiger partial charge in [-0.25, -0.2) is 0 Å². The molecule has 0 aliphatic heterocycles. The maximum atomic E-state index is 13.6. The number of hydrogen-bond acceptors (Lipinski definition) is 1. The topological polar surface area (TPSA) is 17.1 Å². The van der Waals surface area contributed by atoms with E-state index in [0.29, 0.717) is 0 Å². The fourth-order valence-electron chi connectivity index (χ4n) is 3.27. The molecule has 1 nitrogen and oxygen atoms in total. The summed E-state index contributed by atoms with van der Waals surface area (Å²) < 4.78 is 13.6. The van der Waals surface area contributed by atoms with E-state index in [-0.39, 0.29) is 0 Å². The van der Waals surface area contributed by atoms with Crippen molar-refractivity contribution in [3.05, 3.63) is 58.7 Å². The van der Waals surface area contributed by atoms with Crippen molar-refractivity contribution in [1.29, 1.82) is 0 Å². The standard InChI is InChI=1S/C22H30OP/c1-5-7-13-19-15-9-11-17(3)21(19)24(23)22-18(4)12-10-16-20(22)14-8-6-2/h9-12,15-16H,5-8,13-14H2,1-4H3/q+1. The van der Waals surface area contributed by atoms with E-state index in [1.54, 1.807) is 0 Å². The van der Waals surface area contributed by atoms with E-state index in [4.69, 9.17) is 0 Å². The van der Waals surface area contributed by atoms with Gasteiger partial charge in [0.15, 0.2) is 0 Å². The molecule has 2 heteroatoms. The smallest absolute Gasteiger partial charge is 0.0654 e. The average molecular weight is 341 g/mol. The van der Waals surface area contributed by atoms with Crippen LogP contribution in [-0.4, -0.2) is 0 Å². The quantitative estimate of drug-likeness (QED) is 0.557. The molecule has 2 rings (SSSR count). The molecule has 0 amide bonds. The van der Waals surface area contributed by atoms with Crippen molar-refractivity contribution in [2.45, 2.75) is 66.2 Å². The lowest BCUT2D eigenvalue weighted by molar-refractivity contribution is 0.597. The Morgan fingerprint density at radius 2 is 1.17 bits per heavy atom. The molecule has 0 saturated carbocycles. The van der Waals surface area contributed by atoms with Crippen molar-refractivity contribution in [3.63, 3.8) is 0 Å². The van der Waals surface area contributed by atoms with Gasteiger partial charge in [-0.2, -0.15) is 0 Å². The Bertz CT molecular complexity index is 644. The van der Waals surface area contributed by atoms with Crippen molar-refractivity contribution in [2.75, 3.05) is 0 Å². The second-order valence-corrected chi connectivity index (χ2v) is 8.15. The monoisotopic (exact) mass is 341 g/mol. The lowest BCUT2D eigenvalue weighted by Crippen LogP contribution is -2.19. The van der Waals surface area contributed by atoms with Gasteiger partial charge in [0, 0.05) is 22.3 Å². The van der Waals surface area contributed by atoms with Crippen LogP contribution in [0.2, 0.25) is 0 Å². The van der Waals surface area contributed by atoms with E-state index in [2.05, 4.69) is 64.1 Å². The maximum Gasteiger partial charge on any atom is 0.416 e. The van der Waals surface area contributed by atoms with Crippen LogP contribution in [0.4, 0.5) is 0 Å². The largest absolute Gasteiger partial charge is 0.416 e. The fourth-order valence-corrected chi connectivity index (χ4v) is 5.18. The van der Waals surface area contributed by atoms with Gasteiger partial charge in [0.05, 0.1) is 0 Å². The van der Waals surface area contributed by atoms with Crippen molar-refractivity contribution in [1.82, 2.24) is 0 Å². The molecular weight excluding hydrogens is 311 g/mol. The second-order valence-electron chi connectivity index (χ2n) is 6.67. The van der Waals surface area contributed by atoms with Crippen LogP contribution < -0.4 is 10.6 Å². The molecule has 0 N–H and O–H groups in total. The first-order chi connectivity index (χ1) is 11.6. The molecule has 24 heavy (non-hydrogen) atoms. The summed E-state index contributed by atoms with van der Waals surface area (Å²) in [6.45, 7) is 8.61. The van der Waals surface area contributed by atoms with Gasteiger partial charge in [0.2, 0.25) is 10.6 Å². The molecule has 2 aromatic rings. The third kappa shape index (κ3) is 4.33. The van der Waals surface area contributed by atoms with Gasteiger partial charge < -0.3 is 0 Å². The van der Waals surface area contributed by atoms with Gasteiger partial charge in [0.25, 0.3) is 0 Å². The van der Waals surface area contributed by atoms with Crippen molar-refractivity contribution in [3.8, 4) is 0 Å². The van der Waals surface area contributed by atoms with E-state index < -0.39 is 7.80 Å². The summed E-state index contributed by atoms with van der Waals surface area (Å²) in [5.41, 5.74) is 4.86. The van der Waals surface area contributed by atoms with Gasteiger partial charge in [-0.15, -0.1) is 0 Å². The molecule has 0 radical (unpaired) electrons. The van der Waals surface area contributed by atoms with Crippen LogP contribution in [-0.2, 0) is 17.4 Å². The predicted molar refractivity (Wildman–Crippen MR) is 106 cm³/mol. The first-order valence-electron chi connectivity index (χ1n) is 9.24. The minimum absolute atomic E-state index is 1.02. The summed E-state index contributed by atoms with van der Waals surface area (Å²) in [5, 5.41) is 2.15. The molecule has 0 saturated heterocycles. The molecule has 0 aliphatic carbocycles. The zero-order valence-electron chi connectivity index (χ0n) is 15.6. The number of aryl methyl sites for hydroxylation is 4. The SMILES string of the molecule is CCCCc1cccc(C)c1[P+](=O)c1c(C)cccc1CCCC. The molecule has 0 fully saturated rings. The summed E-state index contributed by atoms with van der Waals surface area (Å²) in [5.74, 6) is 0. The molecule has 2 aromatic carbocycles. The average Bonchev–Trinajstić information content (AvgIpc) is 2.57. The van der Waals surface area contributed by atoms with Crippen LogP contribution in [0.5, 0.6) is 0 Å². The minimum atomic E-state index is -1.54. The highest BCUT2D eigenvalue weighted by atomic mass is 31.1. The number of rotatable bonds is 8. The van der Waals surface area contributed by atoms with Gasteiger partial charge >= 0.3 is 7.80 Å². The molecule has 0 unspecified atom stereocenters. The molecular formula is C22H30OP+. The number of benzene rings is 2. The Morgan fingerprint density at radius 3 is 1.54 bits per heavy atom. The Balaban J connectivity index is 2.49. The van der Waals surface area contributed by atoms with E-state index >= 15 is 0 Å². The first kappa shape index (κ1) is 18.9. The van der Waals surface area contributed by atoms with Crippen LogP contribution in [0.25, 0.3) is 0 Å². The first-order valence-corrected chi connectivity index (χ1v) is 10.5. The van der Waals surface area contributed by atoms with Crippen LogP contribution in [0.1, 0.15) is 61.8 Å². The highest BCUT2D eigenvalue weighted by Crippen LogP contribution is 2.29. The third-order valence-electron chi connectivity index (χ3n) is 4.65. The summed E-state index contributed by atoms with van der Waals surface area (Å²) >= 11 is 0. The van der Waals surface area contributed by atoms with Gasteiger partial charge in [-0.05, 0) is 39.5 Å². The molecule has 0 aliphatic rings. The van der Waals surface area contributed by atoms with E-state index in [9.17, 15) is 4.57 Å². The zero-order valence-corrected chi connectivity index (χ0v) is 16.5. The lowest BCUT2D eigenvalue weighted by Gasteiger charge is -2.08. The van der Waals surface area contributed by atoms with Crippen LogP contribution >= 0.6 is 7.80 Å². The Labute approximate surface area is 148 Å². The fraction of sp³-hybridized carbons (Fsp3) is 0.455. The Kier molecular flexibility index (Phi) is 7.18. The van der Waals surface area contributed by atoms with E-state index in [1.807, 2.05) is 0 Å². The van der Waals surface area contributed by atoms with Crippen LogP contribution in [0.15, 0.2) is 36.4 Å². The normalized spacial score (nSPS) is 10.8. The highest BCUT2D eigenvalue weighted by Gasteiger charge is 2.32. The molecule has 0 spiro atoms. The summed E-state index contributed by atoms with van der Waals surface area (Å²) in [6.07, 6.45) is 6.66. The molecule has 0 heterocycles. The maximum absolute atomic E-state index is 13.6. The number of unbranched alkanes of at least 4 members (excludes halogenated alkanes) is 2. The van der Waals surface area contributed by atoms with Crippen LogP contribution in [0, 0.1) is 13.8 Å². The summed E-state index contributed by atoms with van der Waals surface area (Å²) in [7, 11) is -1.54. The minimum Gasteiger partial charge on any atom is -0.0654 e. The summed E-state index contributed by atoms with van der Waals surface area (Å²) in [6, 6.07) is 12.7. The zero-order chi connectivity index (χ0) is 17.5. The Morgan fingerprint density at radius 1 is 0.750 bits per heavy atom. The third-order valence-corrected chi connectivity index (χ3v) is 6.74. The van der Waals surface area contributed by atoms with Crippen molar-refractivity contribution < 1.29 is 4.57 Å². The molecule has 0 atom stereocenters. The van der Waals surface area contributed by atoms with Gasteiger partial charge in [-0.3, -0.25) is 0 Å². The molecule has 0 bridgehead atoms. The van der Waals surface area contributed by atoms with Gasteiger partial charge in [0.1, 0.15) is 0 Å². The van der Waals surface area contributed by atoms with E-state index in [1.165, 1.54) is 11.1 Å². The van der Waals surface area contributed by atoms with Gasteiger partial charge in [-0.1, -0.05) is 67.7 Å². The van der Waals surface area contributed by atoms with Crippen molar-refractivity contribution >= 4 is 18.4 Å². The molecule has 0 aromatic heterocycles. The second kappa shape index (κ2) is 9.14.